The van der Waals surface area contributed by atoms with Crippen molar-refractivity contribution in [3.63, 3.8) is 0 Å². The summed E-state index contributed by atoms with van der Waals surface area (Å²) in [6, 6.07) is 14.7. The van der Waals surface area contributed by atoms with Crippen molar-refractivity contribution >= 4 is 11.7 Å². The highest BCUT2D eigenvalue weighted by atomic mass is 16.6. The molecule has 1 aromatic carbocycles. The lowest BCUT2D eigenvalue weighted by atomic mass is 10.2. The van der Waals surface area contributed by atoms with E-state index >= 15 is 0 Å². The zero-order chi connectivity index (χ0) is 17.1. The average molecular weight is 336 g/mol. The van der Waals surface area contributed by atoms with Crippen LogP contribution in [0.15, 0.2) is 60.9 Å². The van der Waals surface area contributed by atoms with Gasteiger partial charge in [-0.25, -0.2) is 4.68 Å². The lowest BCUT2D eigenvalue weighted by molar-refractivity contribution is -0.125. The van der Waals surface area contributed by atoms with Crippen molar-refractivity contribution in [1.82, 2.24) is 14.8 Å². The second-order valence-electron chi connectivity index (χ2n) is 5.55. The number of anilines is 1. The van der Waals surface area contributed by atoms with E-state index in [1.807, 2.05) is 36.4 Å². The van der Waals surface area contributed by atoms with Crippen LogP contribution in [-0.4, -0.2) is 33.4 Å². The molecule has 25 heavy (non-hydrogen) atoms. The Kier molecular flexibility index (Phi) is 4.04. The van der Waals surface area contributed by atoms with Gasteiger partial charge in [0.05, 0.1) is 18.4 Å². The van der Waals surface area contributed by atoms with Gasteiger partial charge < -0.3 is 14.8 Å². The molecule has 0 fully saturated rings. The van der Waals surface area contributed by atoms with Gasteiger partial charge in [0.15, 0.2) is 11.5 Å². The topological polar surface area (TPSA) is 78.3 Å². The number of rotatable bonds is 4. The fourth-order valence-corrected chi connectivity index (χ4v) is 2.57. The number of nitrogens with one attached hydrogen (secondary N) is 1. The van der Waals surface area contributed by atoms with Crippen molar-refractivity contribution in [2.75, 3.05) is 11.9 Å². The summed E-state index contributed by atoms with van der Waals surface area (Å²) < 4.78 is 13.0. The Balaban J connectivity index is 1.45. The maximum absolute atomic E-state index is 12.5. The molecule has 0 saturated carbocycles. The third-order valence-electron chi connectivity index (χ3n) is 3.81. The van der Waals surface area contributed by atoms with Gasteiger partial charge in [0.1, 0.15) is 12.4 Å². The Morgan fingerprint density at radius 2 is 1.96 bits per heavy atom. The van der Waals surface area contributed by atoms with Gasteiger partial charge in [-0.1, -0.05) is 18.2 Å². The van der Waals surface area contributed by atoms with E-state index in [9.17, 15) is 4.79 Å². The highest BCUT2D eigenvalue weighted by molar-refractivity contribution is 5.94. The molecular formula is C18H16N4O3. The molecule has 7 nitrogen and oxygen atoms in total. The SMILES string of the molecule is O=C(Nc1ccnn1Cc1ccccn1)[C@@H]1COc2ccccc2O1. The average Bonchev–Trinajstić information content (AvgIpc) is 3.08. The van der Waals surface area contributed by atoms with E-state index < -0.39 is 6.10 Å². The molecule has 0 unspecified atom stereocenters. The van der Waals surface area contributed by atoms with Crippen LogP contribution in [0.3, 0.4) is 0 Å². The number of para-hydroxylation sites is 2. The molecule has 0 radical (unpaired) electrons. The lowest BCUT2D eigenvalue weighted by Crippen LogP contribution is -2.40. The summed E-state index contributed by atoms with van der Waals surface area (Å²) in [6.45, 7) is 0.630. The van der Waals surface area contributed by atoms with Crippen molar-refractivity contribution in [2.24, 2.45) is 0 Å². The predicted molar refractivity (Wildman–Crippen MR) is 90.5 cm³/mol. The number of amides is 1. The normalized spacial score (nSPS) is 15.6. The fraction of sp³-hybridized carbons (Fsp3) is 0.167. The van der Waals surface area contributed by atoms with E-state index in [2.05, 4.69) is 15.4 Å². The van der Waals surface area contributed by atoms with Crippen LogP contribution in [0.25, 0.3) is 0 Å². The van der Waals surface area contributed by atoms with E-state index in [1.54, 1.807) is 29.2 Å². The maximum atomic E-state index is 12.5. The number of ether oxygens (including phenoxy) is 2. The smallest absolute Gasteiger partial charge is 0.270 e. The molecule has 0 saturated heterocycles. The van der Waals surface area contributed by atoms with Crippen LogP contribution in [-0.2, 0) is 11.3 Å². The highest BCUT2D eigenvalue weighted by Crippen LogP contribution is 2.31. The second-order valence-corrected chi connectivity index (χ2v) is 5.55. The van der Waals surface area contributed by atoms with Crippen molar-refractivity contribution < 1.29 is 14.3 Å². The van der Waals surface area contributed by atoms with Crippen LogP contribution in [0, 0.1) is 0 Å². The molecule has 1 aliphatic heterocycles. The van der Waals surface area contributed by atoms with E-state index in [0.717, 1.165) is 5.69 Å². The number of nitrogens with zero attached hydrogens (tertiary/aromatic N) is 3. The summed E-state index contributed by atoms with van der Waals surface area (Å²) in [7, 11) is 0. The molecule has 1 amide bonds. The zero-order valence-electron chi connectivity index (χ0n) is 13.3. The van der Waals surface area contributed by atoms with E-state index in [4.69, 9.17) is 9.47 Å². The van der Waals surface area contributed by atoms with E-state index in [-0.39, 0.29) is 12.5 Å². The van der Waals surface area contributed by atoms with Crippen LogP contribution in [0.4, 0.5) is 5.82 Å². The van der Waals surface area contributed by atoms with E-state index in [0.29, 0.717) is 23.9 Å². The summed E-state index contributed by atoms with van der Waals surface area (Å²) >= 11 is 0. The van der Waals surface area contributed by atoms with Crippen molar-refractivity contribution in [3.8, 4) is 11.5 Å². The Labute approximate surface area is 144 Å². The fourth-order valence-electron chi connectivity index (χ4n) is 2.57. The van der Waals surface area contributed by atoms with Gasteiger partial charge in [0.25, 0.3) is 5.91 Å². The minimum absolute atomic E-state index is 0.164. The Bertz CT molecular complexity index is 879. The van der Waals surface area contributed by atoms with Crippen LogP contribution in [0.1, 0.15) is 5.69 Å². The molecule has 3 heterocycles. The molecule has 126 valence electrons. The first-order valence-electron chi connectivity index (χ1n) is 7.91. The third kappa shape index (κ3) is 3.30. The van der Waals surface area contributed by atoms with Crippen molar-refractivity contribution in [2.45, 2.75) is 12.6 Å². The van der Waals surface area contributed by atoms with Gasteiger partial charge in [-0.05, 0) is 24.3 Å². The number of hydrogen-bond acceptors (Lipinski definition) is 5. The van der Waals surface area contributed by atoms with Gasteiger partial charge in [0.2, 0.25) is 6.10 Å². The molecule has 4 rings (SSSR count). The molecule has 1 atom stereocenters. The van der Waals surface area contributed by atoms with Crippen molar-refractivity contribution in [1.29, 1.82) is 0 Å². The number of hydrogen-bond donors (Lipinski definition) is 1. The Morgan fingerprint density at radius 1 is 1.12 bits per heavy atom. The molecule has 0 spiro atoms. The van der Waals surface area contributed by atoms with Crippen LogP contribution in [0.2, 0.25) is 0 Å². The number of aromatic nitrogens is 3. The minimum Gasteiger partial charge on any atom is -0.485 e. The Morgan fingerprint density at radius 3 is 2.80 bits per heavy atom. The number of benzene rings is 1. The standard InChI is InChI=1S/C18H16N4O3/c23-18(16-12-24-14-6-1-2-7-15(14)25-16)21-17-8-10-20-22(17)11-13-5-3-4-9-19-13/h1-10,16H,11-12H2,(H,21,23)/t16-/m0/s1. The molecule has 2 aromatic heterocycles. The number of pyridine rings is 1. The first-order valence-corrected chi connectivity index (χ1v) is 7.91. The first kappa shape index (κ1) is 15.2. The van der Waals surface area contributed by atoms with Gasteiger partial charge in [-0.15, -0.1) is 0 Å². The van der Waals surface area contributed by atoms with Crippen LogP contribution < -0.4 is 14.8 Å². The molecule has 0 bridgehead atoms. The molecule has 1 aliphatic rings. The van der Waals surface area contributed by atoms with Gasteiger partial charge >= 0.3 is 0 Å². The Hall–Kier alpha value is -3.35. The minimum atomic E-state index is -0.715. The summed E-state index contributed by atoms with van der Waals surface area (Å²) in [5.41, 5.74) is 0.855. The van der Waals surface area contributed by atoms with Gasteiger partial charge in [-0.3, -0.25) is 9.78 Å². The van der Waals surface area contributed by atoms with E-state index in [1.165, 1.54) is 0 Å². The molecular weight excluding hydrogens is 320 g/mol. The third-order valence-corrected chi connectivity index (χ3v) is 3.81. The van der Waals surface area contributed by atoms with Crippen LogP contribution >= 0.6 is 0 Å². The number of carbonyl (C=O) groups is 1. The zero-order valence-corrected chi connectivity index (χ0v) is 13.3. The maximum Gasteiger partial charge on any atom is 0.270 e. The quantitative estimate of drug-likeness (QED) is 0.789. The predicted octanol–water partition coefficient (Wildman–Crippen LogP) is 2.10. The molecule has 7 heteroatoms. The second kappa shape index (κ2) is 6.64. The molecule has 1 N–H and O–H groups in total. The summed E-state index contributed by atoms with van der Waals surface area (Å²) in [6.07, 6.45) is 2.64. The summed E-state index contributed by atoms with van der Waals surface area (Å²) in [5.74, 6) is 1.51. The molecule has 3 aromatic rings. The lowest BCUT2D eigenvalue weighted by Gasteiger charge is -2.25. The monoisotopic (exact) mass is 336 g/mol. The molecule has 0 aliphatic carbocycles. The number of carbonyl (C=O) groups excluding carboxylic acids is 1. The van der Waals surface area contributed by atoms with Gasteiger partial charge in [0, 0.05) is 12.3 Å². The first-order chi connectivity index (χ1) is 12.3. The van der Waals surface area contributed by atoms with Gasteiger partial charge in [-0.2, -0.15) is 5.10 Å². The van der Waals surface area contributed by atoms with Crippen LogP contribution in [0.5, 0.6) is 11.5 Å². The summed E-state index contributed by atoms with van der Waals surface area (Å²) in [4.78, 5) is 16.8. The van der Waals surface area contributed by atoms with Crippen molar-refractivity contribution in [3.05, 3.63) is 66.6 Å². The largest absolute Gasteiger partial charge is 0.485 e. The summed E-state index contributed by atoms with van der Waals surface area (Å²) in [5, 5.41) is 7.08. The number of fused-ring (bicyclic) bond motifs is 1. The highest BCUT2D eigenvalue weighted by Gasteiger charge is 2.27.